The number of carbonyl (C=O) groups excluding carboxylic acids is 2. The highest BCUT2D eigenvalue weighted by Crippen LogP contribution is 2.30. The Morgan fingerprint density at radius 1 is 0.609 bits per heavy atom. The average molecular weight is 621 g/mol. The van der Waals surface area contributed by atoms with Crippen molar-refractivity contribution in [2.24, 2.45) is 0 Å². The minimum atomic E-state index is -0.470. The molecule has 0 N–H and O–H groups in total. The number of rotatable bonds is 14. The van der Waals surface area contributed by atoms with Crippen molar-refractivity contribution in [3.8, 4) is 45.9 Å². The Hall–Kier alpha value is -5.44. The Morgan fingerprint density at radius 3 is 1.61 bits per heavy atom. The molecule has 0 amide bonds. The van der Waals surface area contributed by atoms with E-state index >= 15 is 0 Å². The lowest BCUT2D eigenvalue weighted by Crippen LogP contribution is -2.08. The van der Waals surface area contributed by atoms with Gasteiger partial charge in [0.2, 0.25) is 11.8 Å². The topological polar surface area (TPSA) is 110 Å². The van der Waals surface area contributed by atoms with E-state index in [9.17, 15) is 9.59 Å². The van der Waals surface area contributed by atoms with Gasteiger partial charge in [0.05, 0.1) is 24.3 Å². The first-order valence-corrected chi connectivity index (χ1v) is 15.4. The smallest absolute Gasteiger partial charge is 0.343 e. The molecule has 1 aromatic heterocycles. The summed E-state index contributed by atoms with van der Waals surface area (Å²) in [5.74, 6) is 1.91. The normalized spacial score (nSPS) is 10.8. The molecule has 4 aromatic carbocycles. The number of unbranched alkanes of at least 4 members (excludes halogenated alkanes) is 2. The number of hydrogen-bond donors (Lipinski definition) is 0. The number of aryl methyl sites for hydroxylation is 1. The van der Waals surface area contributed by atoms with Crippen LogP contribution in [0, 0.1) is 6.92 Å². The Labute approximate surface area is 268 Å². The lowest BCUT2D eigenvalue weighted by atomic mass is 10.1. The SMILES string of the molecule is CCCCOc1ccc(C(=O)Oc2ccc(-c3nnc(-c4ccc(OC(=O)c5ccc(OCCCC)cc5)cc4C)o3)cc2)cc1. The van der Waals surface area contributed by atoms with E-state index in [4.69, 9.17) is 23.4 Å². The van der Waals surface area contributed by atoms with Gasteiger partial charge in [-0.15, -0.1) is 10.2 Å². The quantitative estimate of drug-likeness (QED) is 0.0685. The molecule has 9 nitrogen and oxygen atoms in total. The van der Waals surface area contributed by atoms with Crippen molar-refractivity contribution in [2.45, 2.75) is 46.5 Å². The van der Waals surface area contributed by atoms with Gasteiger partial charge in [-0.05, 0) is 116 Å². The maximum atomic E-state index is 12.7. The third kappa shape index (κ3) is 8.38. The first kappa shape index (κ1) is 32.0. The molecule has 0 bridgehead atoms. The van der Waals surface area contributed by atoms with E-state index in [-0.39, 0.29) is 0 Å². The van der Waals surface area contributed by atoms with E-state index in [1.807, 2.05) is 6.92 Å². The van der Waals surface area contributed by atoms with Gasteiger partial charge in [-0.1, -0.05) is 26.7 Å². The summed E-state index contributed by atoms with van der Waals surface area (Å²) >= 11 is 0. The zero-order chi connectivity index (χ0) is 32.3. The monoisotopic (exact) mass is 620 g/mol. The Morgan fingerprint density at radius 2 is 1.09 bits per heavy atom. The van der Waals surface area contributed by atoms with Crippen LogP contribution in [0.1, 0.15) is 65.8 Å². The number of esters is 2. The predicted molar refractivity (Wildman–Crippen MR) is 174 cm³/mol. The van der Waals surface area contributed by atoms with Gasteiger partial charge in [0.1, 0.15) is 23.0 Å². The zero-order valence-electron chi connectivity index (χ0n) is 26.2. The lowest BCUT2D eigenvalue weighted by Gasteiger charge is -2.08. The molecule has 46 heavy (non-hydrogen) atoms. The van der Waals surface area contributed by atoms with Crippen LogP contribution in [-0.4, -0.2) is 35.3 Å². The minimum Gasteiger partial charge on any atom is -0.494 e. The molecule has 5 aromatic rings. The van der Waals surface area contributed by atoms with Crippen LogP contribution < -0.4 is 18.9 Å². The van der Waals surface area contributed by atoms with Gasteiger partial charge in [0.25, 0.3) is 0 Å². The third-order valence-corrected chi connectivity index (χ3v) is 7.09. The second kappa shape index (κ2) is 15.5. The number of ether oxygens (including phenoxy) is 4. The fourth-order valence-electron chi connectivity index (χ4n) is 4.43. The molecule has 0 radical (unpaired) electrons. The number of hydrogen-bond acceptors (Lipinski definition) is 9. The van der Waals surface area contributed by atoms with Crippen LogP contribution in [0.5, 0.6) is 23.0 Å². The van der Waals surface area contributed by atoms with E-state index in [2.05, 4.69) is 24.0 Å². The van der Waals surface area contributed by atoms with Crippen LogP contribution in [-0.2, 0) is 0 Å². The number of aromatic nitrogens is 2. The second-order valence-corrected chi connectivity index (χ2v) is 10.6. The molecule has 0 unspecified atom stereocenters. The van der Waals surface area contributed by atoms with Crippen molar-refractivity contribution >= 4 is 11.9 Å². The van der Waals surface area contributed by atoms with Gasteiger partial charge < -0.3 is 23.4 Å². The Kier molecular flexibility index (Phi) is 10.8. The van der Waals surface area contributed by atoms with Crippen LogP contribution >= 0.6 is 0 Å². The van der Waals surface area contributed by atoms with Gasteiger partial charge in [-0.25, -0.2) is 9.59 Å². The van der Waals surface area contributed by atoms with Crippen LogP contribution in [0.15, 0.2) is 95.4 Å². The molecule has 0 aliphatic rings. The number of nitrogens with zero attached hydrogens (tertiary/aromatic N) is 2. The van der Waals surface area contributed by atoms with Crippen LogP contribution in [0.25, 0.3) is 22.9 Å². The van der Waals surface area contributed by atoms with Gasteiger partial charge in [0.15, 0.2) is 0 Å². The molecule has 0 spiro atoms. The van der Waals surface area contributed by atoms with E-state index in [1.165, 1.54) is 0 Å². The van der Waals surface area contributed by atoms with Crippen molar-refractivity contribution in [3.05, 3.63) is 108 Å². The fraction of sp³-hybridized carbons (Fsp3) is 0.243. The highest BCUT2D eigenvalue weighted by molar-refractivity contribution is 5.91. The summed E-state index contributed by atoms with van der Waals surface area (Å²) in [6, 6.07) is 25.8. The van der Waals surface area contributed by atoms with E-state index in [1.54, 1.807) is 91.0 Å². The molecule has 0 saturated heterocycles. The second-order valence-electron chi connectivity index (χ2n) is 10.6. The summed E-state index contributed by atoms with van der Waals surface area (Å²) in [5.41, 5.74) is 3.01. The minimum absolute atomic E-state index is 0.309. The summed E-state index contributed by atoms with van der Waals surface area (Å²) in [5, 5.41) is 8.39. The first-order chi connectivity index (χ1) is 22.4. The van der Waals surface area contributed by atoms with Crippen molar-refractivity contribution in [2.75, 3.05) is 13.2 Å². The average Bonchev–Trinajstić information content (AvgIpc) is 3.56. The largest absolute Gasteiger partial charge is 0.494 e. The molecule has 0 aliphatic carbocycles. The summed E-state index contributed by atoms with van der Waals surface area (Å²) in [6.07, 6.45) is 4.06. The molecule has 1 heterocycles. The predicted octanol–water partition coefficient (Wildman–Crippen LogP) is 8.51. The molecule has 5 rings (SSSR count). The van der Waals surface area contributed by atoms with Crippen molar-refractivity contribution in [3.63, 3.8) is 0 Å². The van der Waals surface area contributed by atoms with Gasteiger partial charge in [-0.3, -0.25) is 0 Å². The molecule has 0 atom stereocenters. The summed E-state index contributed by atoms with van der Waals surface area (Å²) < 4.78 is 28.4. The zero-order valence-corrected chi connectivity index (χ0v) is 26.2. The maximum absolute atomic E-state index is 12.7. The molecule has 0 fully saturated rings. The molecule has 0 aliphatic heterocycles. The standard InChI is InChI=1S/C37H36N2O7/c1-4-6-22-42-29-14-10-27(11-15-29)36(40)44-31-18-8-26(9-19-31)34-38-39-35(46-34)33-21-20-32(24-25(33)3)45-37(41)28-12-16-30(17-13-28)43-23-7-5-2/h8-21,24H,4-7,22-23H2,1-3H3. The number of benzene rings is 4. The maximum Gasteiger partial charge on any atom is 0.343 e. The molecular weight excluding hydrogens is 584 g/mol. The molecule has 9 heteroatoms. The van der Waals surface area contributed by atoms with Crippen molar-refractivity contribution < 1.29 is 33.0 Å². The fourth-order valence-corrected chi connectivity index (χ4v) is 4.43. The van der Waals surface area contributed by atoms with Crippen molar-refractivity contribution in [1.29, 1.82) is 0 Å². The van der Waals surface area contributed by atoms with E-state index in [0.717, 1.165) is 31.2 Å². The summed E-state index contributed by atoms with van der Waals surface area (Å²) in [7, 11) is 0. The Bertz CT molecular complexity index is 1740. The van der Waals surface area contributed by atoms with Gasteiger partial charge in [0, 0.05) is 11.1 Å². The molecule has 236 valence electrons. The number of carbonyl (C=O) groups is 2. The lowest BCUT2D eigenvalue weighted by molar-refractivity contribution is 0.0725. The van der Waals surface area contributed by atoms with Gasteiger partial charge >= 0.3 is 11.9 Å². The first-order valence-electron chi connectivity index (χ1n) is 15.4. The summed E-state index contributed by atoms with van der Waals surface area (Å²) in [6.45, 7) is 7.36. The third-order valence-electron chi connectivity index (χ3n) is 7.09. The molecule has 0 saturated carbocycles. The Balaban J connectivity index is 1.17. The van der Waals surface area contributed by atoms with Gasteiger partial charge in [-0.2, -0.15) is 0 Å². The van der Waals surface area contributed by atoms with E-state index < -0.39 is 11.9 Å². The molecular formula is C37H36N2O7. The van der Waals surface area contributed by atoms with Crippen LogP contribution in [0.2, 0.25) is 0 Å². The van der Waals surface area contributed by atoms with Crippen molar-refractivity contribution in [1.82, 2.24) is 10.2 Å². The van der Waals surface area contributed by atoms with Crippen LogP contribution in [0.4, 0.5) is 0 Å². The summed E-state index contributed by atoms with van der Waals surface area (Å²) in [4.78, 5) is 25.3. The van der Waals surface area contributed by atoms with E-state index in [0.29, 0.717) is 70.2 Å². The highest BCUT2D eigenvalue weighted by atomic mass is 16.5. The highest BCUT2D eigenvalue weighted by Gasteiger charge is 2.16. The van der Waals surface area contributed by atoms with Crippen LogP contribution in [0.3, 0.4) is 0 Å².